The van der Waals surface area contributed by atoms with Crippen LogP contribution in [0.2, 0.25) is 0 Å². The van der Waals surface area contributed by atoms with Gasteiger partial charge in [-0.15, -0.1) is 0 Å². The standard InChI is InChI=1S/C23H23N5O2/c1-15-12-18(26-22(30)25-15)21(29)28-11-5-9-23(14-28)10-8-17-13-24-20(27-19(17)23)16-6-3-2-4-7-16/h2-4,6-7,12-13H,5,8-11,14H2,1H3,(H,25,26,30). The second kappa shape index (κ2) is 7.16. The van der Waals surface area contributed by atoms with Crippen molar-refractivity contribution < 1.29 is 4.79 Å². The van der Waals surface area contributed by atoms with Crippen LogP contribution in [0.3, 0.4) is 0 Å². The number of aromatic nitrogens is 4. The third-order valence-corrected chi connectivity index (χ3v) is 6.23. The molecule has 7 heteroatoms. The molecule has 1 spiro atoms. The molecule has 30 heavy (non-hydrogen) atoms. The number of hydrogen-bond donors (Lipinski definition) is 1. The fourth-order valence-electron chi connectivity index (χ4n) is 4.82. The molecule has 1 fully saturated rings. The summed E-state index contributed by atoms with van der Waals surface area (Å²) in [7, 11) is 0. The van der Waals surface area contributed by atoms with Crippen molar-refractivity contribution in [2.24, 2.45) is 0 Å². The normalized spacial score (nSPS) is 20.4. The lowest BCUT2D eigenvalue weighted by molar-refractivity contribution is 0.0627. The van der Waals surface area contributed by atoms with E-state index >= 15 is 0 Å². The second-order valence-electron chi connectivity index (χ2n) is 8.30. The van der Waals surface area contributed by atoms with Crippen LogP contribution >= 0.6 is 0 Å². The summed E-state index contributed by atoms with van der Waals surface area (Å²) in [6.07, 6.45) is 5.73. The van der Waals surface area contributed by atoms with Crippen LogP contribution in [0.5, 0.6) is 0 Å². The number of hydrogen-bond acceptors (Lipinski definition) is 5. The van der Waals surface area contributed by atoms with Crippen molar-refractivity contribution >= 4 is 5.91 Å². The molecule has 1 aliphatic carbocycles. The van der Waals surface area contributed by atoms with Gasteiger partial charge in [0.25, 0.3) is 5.91 Å². The highest BCUT2D eigenvalue weighted by Gasteiger charge is 2.45. The Hall–Kier alpha value is -3.35. The molecule has 5 rings (SSSR count). The molecule has 1 aromatic carbocycles. The molecule has 0 bridgehead atoms. The first kappa shape index (κ1) is 18.7. The second-order valence-corrected chi connectivity index (χ2v) is 8.30. The third kappa shape index (κ3) is 3.20. The zero-order chi connectivity index (χ0) is 20.7. The highest BCUT2D eigenvalue weighted by atomic mass is 16.2. The SMILES string of the molecule is Cc1cc(C(=O)N2CCCC3(CCc4cnc(-c5ccccc5)nc43)C2)nc(=O)[nH]1. The number of amides is 1. The Morgan fingerprint density at radius 3 is 2.80 bits per heavy atom. The van der Waals surface area contributed by atoms with Gasteiger partial charge in [0.05, 0.1) is 5.69 Å². The quantitative estimate of drug-likeness (QED) is 0.713. The summed E-state index contributed by atoms with van der Waals surface area (Å²) in [5, 5.41) is 0. The first-order valence-electron chi connectivity index (χ1n) is 10.3. The number of piperidine rings is 1. The molecule has 1 unspecified atom stereocenters. The van der Waals surface area contributed by atoms with Crippen LogP contribution in [0.15, 0.2) is 47.4 Å². The lowest BCUT2D eigenvalue weighted by Crippen LogP contribution is -2.48. The zero-order valence-corrected chi connectivity index (χ0v) is 16.9. The van der Waals surface area contributed by atoms with Crippen molar-refractivity contribution in [3.05, 3.63) is 75.7 Å². The van der Waals surface area contributed by atoms with Gasteiger partial charge in [-0.3, -0.25) is 4.79 Å². The van der Waals surface area contributed by atoms with E-state index in [1.165, 1.54) is 5.56 Å². The van der Waals surface area contributed by atoms with Gasteiger partial charge >= 0.3 is 5.69 Å². The maximum absolute atomic E-state index is 13.1. The molecule has 1 atom stereocenters. The summed E-state index contributed by atoms with van der Waals surface area (Å²) >= 11 is 0. The first-order chi connectivity index (χ1) is 14.5. The number of aromatic amines is 1. The molecule has 152 valence electrons. The Labute approximate surface area is 174 Å². The Balaban J connectivity index is 1.48. The highest BCUT2D eigenvalue weighted by Crippen LogP contribution is 2.44. The molecule has 3 aromatic rings. The summed E-state index contributed by atoms with van der Waals surface area (Å²) in [5.74, 6) is 0.542. The topological polar surface area (TPSA) is 91.8 Å². The molecule has 2 aromatic heterocycles. The summed E-state index contributed by atoms with van der Waals surface area (Å²) in [4.78, 5) is 42.7. The average molecular weight is 401 g/mol. The van der Waals surface area contributed by atoms with Gasteiger partial charge < -0.3 is 9.88 Å². The van der Waals surface area contributed by atoms with Crippen LogP contribution in [0.25, 0.3) is 11.4 Å². The number of nitrogens with one attached hydrogen (secondary N) is 1. The van der Waals surface area contributed by atoms with Crippen LogP contribution in [-0.2, 0) is 11.8 Å². The highest BCUT2D eigenvalue weighted by molar-refractivity contribution is 5.92. The number of H-pyrrole nitrogens is 1. The Morgan fingerprint density at radius 2 is 2.00 bits per heavy atom. The van der Waals surface area contributed by atoms with Gasteiger partial charge in [0.1, 0.15) is 5.69 Å². The first-order valence-corrected chi connectivity index (χ1v) is 10.3. The number of carbonyl (C=O) groups excluding carboxylic acids is 1. The number of aryl methyl sites for hydroxylation is 2. The molecule has 3 heterocycles. The van der Waals surface area contributed by atoms with Crippen molar-refractivity contribution in [1.82, 2.24) is 24.8 Å². The molecule has 1 amide bonds. The van der Waals surface area contributed by atoms with E-state index in [4.69, 9.17) is 4.98 Å². The fourth-order valence-corrected chi connectivity index (χ4v) is 4.82. The van der Waals surface area contributed by atoms with Gasteiger partial charge in [-0.1, -0.05) is 30.3 Å². The van der Waals surface area contributed by atoms with Gasteiger partial charge in [0.15, 0.2) is 5.82 Å². The number of fused-ring (bicyclic) bond motifs is 2. The fraction of sp³-hybridized carbons (Fsp3) is 0.348. The van der Waals surface area contributed by atoms with E-state index in [1.807, 2.05) is 41.4 Å². The molecule has 2 aliphatic rings. The van der Waals surface area contributed by atoms with Gasteiger partial charge in [-0.2, -0.15) is 4.98 Å². The molecule has 1 N–H and O–H groups in total. The lowest BCUT2D eigenvalue weighted by atomic mass is 9.77. The van der Waals surface area contributed by atoms with Crippen LogP contribution in [0, 0.1) is 6.92 Å². The average Bonchev–Trinajstić information content (AvgIpc) is 3.10. The Kier molecular flexibility index (Phi) is 4.46. The van der Waals surface area contributed by atoms with Crippen LogP contribution in [0.1, 0.15) is 46.7 Å². The molecular weight excluding hydrogens is 378 g/mol. The van der Waals surface area contributed by atoms with Gasteiger partial charge in [0.2, 0.25) is 0 Å². The van der Waals surface area contributed by atoms with Crippen LogP contribution in [0.4, 0.5) is 0 Å². The van der Waals surface area contributed by atoms with Crippen molar-refractivity contribution in [3.8, 4) is 11.4 Å². The van der Waals surface area contributed by atoms with E-state index in [9.17, 15) is 9.59 Å². The van der Waals surface area contributed by atoms with Gasteiger partial charge in [-0.25, -0.2) is 14.8 Å². The summed E-state index contributed by atoms with van der Waals surface area (Å²) in [6.45, 7) is 3.02. The minimum absolute atomic E-state index is 0.161. The smallest absolute Gasteiger partial charge is 0.336 e. The van der Waals surface area contributed by atoms with E-state index in [0.717, 1.165) is 42.8 Å². The lowest BCUT2D eigenvalue weighted by Gasteiger charge is -2.40. The van der Waals surface area contributed by atoms with Crippen LogP contribution in [-0.4, -0.2) is 43.8 Å². The van der Waals surface area contributed by atoms with Crippen molar-refractivity contribution in [2.45, 2.75) is 38.0 Å². The summed E-state index contributed by atoms with van der Waals surface area (Å²) in [6, 6.07) is 11.6. The van der Waals surface area contributed by atoms with E-state index < -0.39 is 5.69 Å². The van der Waals surface area contributed by atoms with Crippen molar-refractivity contribution in [1.29, 1.82) is 0 Å². The molecule has 7 nitrogen and oxygen atoms in total. The largest absolute Gasteiger partial charge is 0.345 e. The van der Waals surface area contributed by atoms with E-state index in [2.05, 4.69) is 15.0 Å². The van der Waals surface area contributed by atoms with Gasteiger partial charge in [0, 0.05) is 36.0 Å². The predicted molar refractivity (Wildman–Crippen MR) is 112 cm³/mol. The molecular formula is C23H23N5O2. The number of carbonyl (C=O) groups is 1. The summed E-state index contributed by atoms with van der Waals surface area (Å²) < 4.78 is 0. The molecule has 0 saturated carbocycles. The Bertz CT molecular complexity index is 1170. The molecule has 0 radical (unpaired) electrons. The monoisotopic (exact) mass is 401 g/mol. The maximum Gasteiger partial charge on any atom is 0.345 e. The van der Waals surface area contributed by atoms with Crippen molar-refractivity contribution in [2.75, 3.05) is 13.1 Å². The van der Waals surface area contributed by atoms with Crippen LogP contribution < -0.4 is 5.69 Å². The number of nitrogens with zero attached hydrogens (tertiary/aromatic N) is 4. The number of likely N-dealkylation sites (tertiary alicyclic amines) is 1. The molecule has 1 saturated heterocycles. The minimum Gasteiger partial charge on any atom is -0.336 e. The third-order valence-electron chi connectivity index (χ3n) is 6.23. The zero-order valence-electron chi connectivity index (χ0n) is 16.9. The number of rotatable bonds is 2. The predicted octanol–water partition coefficient (Wildman–Crippen LogP) is 2.66. The number of benzene rings is 1. The van der Waals surface area contributed by atoms with Crippen molar-refractivity contribution in [3.63, 3.8) is 0 Å². The minimum atomic E-state index is -0.489. The van der Waals surface area contributed by atoms with Gasteiger partial charge in [-0.05, 0) is 44.2 Å². The summed E-state index contributed by atoms with van der Waals surface area (Å²) in [5.41, 5.74) is 3.44. The Morgan fingerprint density at radius 1 is 1.17 bits per heavy atom. The van der Waals surface area contributed by atoms with E-state index in [0.29, 0.717) is 18.8 Å². The molecule has 1 aliphatic heterocycles. The maximum atomic E-state index is 13.1. The van der Waals surface area contributed by atoms with E-state index in [1.54, 1.807) is 13.0 Å². The van der Waals surface area contributed by atoms with E-state index in [-0.39, 0.29) is 17.0 Å².